The number of nitrogens with zero attached hydrogens (tertiary/aromatic N) is 1. The van der Waals surface area contributed by atoms with Crippen molar-refractivity contribution in [3.8, 4) is 0 Å². The molecule has 0 amide bonds. The topological polar surface area (TPSA) is 15.3 Å². The van der Waals surface area contributed by atoms with Crippen molar-refractivity contribution in [2.24, 2.45) is 0 Å². The summed E-state index contributed by atoms with van der Waals surface area (Å²) in [5.74, 6) is 0. The minimum atomic E-state index is 0.145. The number of likely N-dealkylation sites (N-methyl/N-ethyl adjacent to an activating group) is 1. The van der Waals surface area contributed by atoms with Crippen LogP contribution in [-0.2, 0) is 5.41 Å². The third-order valence-electron chi connectivity index (χ3n) is 4.06. The smallest absolute Gasteiger partial charge is 0.0177 e. The Morgan fingerprint density at radius 3 is 2.15 bits per heavy atom. The molecular formula is C18H32N2. The van der Waals surface area contributed by atoms with E-state index in [4.69, 9.17) is 0 Å². The molecule has 1 unspecified atom stereocenters. The lowest BCUT2D eigenvalue weighted by Crippen LogP contribution is -2.48. The summed E-state index contributed by atoms with van der Waals surface area (Å²) in [5.41, 5.74) is 1.57. The normalized spacial score (nSPS) is 15.1. The second-order valence-electron chi connectivity index (χ2n) is 6.62. The van der Waals surface area contributed by atoms with Crippen molar-refractivity contribution in [3.05, 3.63) is 35.9 Å². The van der Waals surface area contributed by atoms with Crippen molar-refractivity contribution >= 4 is 0 Å². The van der Waals surface area contributed by atoms with Crippen LogP contribution in [0.3, 0.4) is 0 Å². The SMILES string of the molecule is CCN(CC(C)(CNC(C)C)c1ccccc1)C(C)C. The Morgan fingerprint density at radius 2 is 1.70 bits per heavy atom. The molecule has 2 nitrogen and oxygen atoms in total. The van der Waals surface area contributed by atoms with E-state index < -0.39 is 0 Å². The largest absolute Gasteiger partial charge is 0.314 e. The molecule has 2 heteroatoms. The molecular weight excluding hydrogens is 244 g/mol. The van der Waals surface area contributed by atoms with Gasteiger partial charge in [-0.2, -0.15) is 0 Å². The first-order valence-electron chi connectivity index (χ1n) is 7.92. The third kappa shape index (κ3) is 4.92. The fraction of sp³-hybridized carbons (Fsp3) is 0.667. The first kappa shape index (κ1) is 17.2. The Balaban J connectivity index is 2.94. The summed E-state index contributed by atoms with van der Waals surface area (Å²) in [6.07, 6.45) is 0. The van der Waals surface area contributed by atoms with E-state index in [0.717, 1.165) is 19.6 Å². The predicted molar refractivity (Wildman–Crippen MR) is 89.3 cm³/mol. The molecule has 0 fully saturated rings. The maximum absolute atomic E-state index is 3.63. The van der Waals surface area contributed by atoms with Gasteiger partial charge in [-0.15, -0.1) is 0 Å². The van der Waals surface area contributed by atoms with E-state index in [1.165, 1.54) is 5.56 Å². The number of hydrogen-bond acceptors (Lipinski definition) is 2. The monoisotopic (exact) mass is 276 g/mol. The molecule has 114 valence electrons. The second-order valence-corrected chi connectivity index (χ2v) is 6.62. The van der Waals surface area contributed by atoms with Gasteiger partial charge in [-0.25, -0.2) is 0 Å². The van der Waals surface area contributed by atoms with Crippen molar-refractivity contribution in [1.82, 2.24) is 10.2 Å². The molecule has 0 aliphatic rings. The average Bonchev–Trinajstić information content (AvgIpc) is 2.43. The Kier molecular flexibility index (Phi) is 6.70. The molecule has 0 bridgehead atoms. The zero-order chi connectivity index (χ0) is 15.2. The van der Waals surface area contributed by atoms with Gasteiger partial charge in [0.15, 0.2) is 0 Å². The van der Waals surface area contributed by atoms with E-state index in [1.807, 2.05) is 0 Å². The lowest BCUT2D eigenvalue weighted by molar-refractivity contribution is 0.179. The number of benzene rings is 1. The lowest BCUT2D eigenvalue weighted by atomic mass is 9.81. The van der Waals surface area contributed by atoms with Gasteiger partial charge in [-0.3, -0.25) is 0 Å². The van der Waals surface area contributed by atoms with Gasteiger partial charge >= 0.3 is 0 Å². The van der Waals surface area contributed by atoms with E-state index in [0.29, 0.717) is 12.1 Å². The summed E-state index contributed by atoms with van der Waals surface area (Å²) in [5, 5.41) is 3.63. The van der Waals surface area contributed by atoms with Crippen LogP contribution in [0.2, 0.25) is 0 Å². The van der Waals surface area contributed by atoms with E-state index in [1.54, 1.807) is 0 Å². The highest BCUT2D eigenvalue weighted by Crippen LogP contribution is 2.25. The summed E-state index contributed by atoms with van der Waals surface area (Å²) in [6.45, 7) is 16.8. The van der Waals surface area contributed by atoms with Crippen LogP contribution in [0.4, 0.5) is 0 Å². The van der Waals surface area contributed by atoms with Gasteiger partial charge in [0.05, 0.1) is 0 Å². The van der Waals surface area contributed by atoms with Crippen LogP contribution in [0.5, 0.6) is 0 Å². The van der Waals surface area contributed by atoms with Crippen molar-refractivity contribution < 1.29 is 0 Å². The summed E-state index contributed by atoms with van der Waals surface area (Å²) >= 11 is 0. The molecule has 0 spiro atoms. The Morgan fingerprint density at radius 1 is 1.10 bits per heavy atom. The van der Waals surface area contributed by atoms with Crippen LogP contribution in [-0.4, -0.2) is 36.6 Å². The Hall–Kier alpha value is -0.860. The van der Waals surface area contributed by atoms with Crippen LogP contribution < -0.4 is 5.32 Å². The third-order valence-corrected chi connectivity index (χ3v) is 4.06. The molecule has 0 aromatic heterocycles. The highest BCUT2D eigenvalue weighted by molar-refractivity contribution is 5.25. The fourth-order valence-corrected chi connectivity index (χ4v) is 2.63. The molecule has 0 saturated heterocycles. The zero-order valence-corrected chi connectivity index (χ0v) is 14.1. The number of rotatable bonds is 8. The van der Waals surface area contributed by atoms with Crippen LogP contribution in [0.15, 0.2) is 30.3 Å². The predicted octanol–water partition coefficient (Wildman–Crippen LogP) is 3.67. The first-order valence-corrected chi connectivity index (χ1v) is 7.92. The molecule has 0 aliphatic heterocycles. The minimum absolute atomic E-state index is 0.145. The Labute approximate surface area is 125 Å². The van der Waals surface area contributed by atoms with E-state index in [9.17, 15) is 0 Å². The molecule has 1 rings (SSSR count). The van der Waals surface area contributed by atoms with Gasteiger partial charge in [0.1, 0.15) is 0 Å². The van der Waals surface area contributed by atoms with Crippen LogP contribution in [0.25, 0.3) is 0 Å². The summed E-state index contributed by atoms with van der Waals surface area (Å²) < 4.78 is 0. The highest BCUT2D eigenvalue weighted by atomic mass is 15.2. The van der Waals surface area contributed by atoms with E-state index >= 15 is 0 Å². The maximum atomic E-state index is 3.63. The van der Waals surface area contributed by atoms with Crippen molar-refractivity contribution in [2.45, 2.75) is 59.0 Å². The molecule has 20 heavy (non-hydrogen) atoms. The molecule has 0 heterocycles. The quantitative estimate of drug-likeness (QED) is 0.779. The molecule has 1 aromatic carbocycles. The molecule has 1 N–H and O–H groups in total. The van der Waals surface area contributed by atoms with Crippen molar-refractivity contribution in [2.75, 3.05) is 19.6 Å². The van der Waals surface area contributed by atoms with E-state index in [2.05, 4.69) is 82.1 Å². The first-order chi connectivity index (χ1) is 9.39. The standard InChI is InChI=1S/C18H32N2/c1-7-20(16(4)5)14-18(6,13-19-15(2)3)17-11-9-8-10-12-17/h8-12,15-16,19H,7,13-14H2,1-6H3. The van der Waals surface area contributed by atoms with Gasteiger partial charge in [-0.05, 0) is 26.0 Å². The summed E-state index contributed by atoms with van der Waals surface area (Å²) in [4.78, 5) is 2.55. The van der Waals surface area contributed by atoms with Crippen LogP contribution in [0.1, 0.15) is 47.1 Å². The molecule has 0 radical (unpaired) electrons. The highest BCUT2D eigenvalue weighted by Gasteiger charge is 2.29. The Bertz CT molecular complexity index is 372. The lowest BCUT2D eigenvalue weighted by Gasteiger charge is -2.38. The van der Waals surface area contributed by atoms with Gasteiger partial charge in [0, 0.05) is 30.6 Å². The van der Waals surface area contributed by atoms with Gasteiger partial charge in [-0.1, -0.05) is 58.0 Å². The molecule has 0 aliphatic carbocycles. The maximum Gasteiger partial charge on any atom is 0.0177 e. The average molecular weight is 276 g/mol. The van der Waals surface area contributed by atoms with Gasteiger partial charge in [0.2, 0.25) is 0 Å². The van der Waals surface area contributed by atoms with Crippen molar-refractivity contribution in [1.29, 1.82) is 0 Å². The summed E-state index contributed by atoms with van der Waals surface area (Å²) in [7, 11) is 0. The minimum Gasteiger partial charge on any atom is -0.314 e. The fourth-order valence-electron chi connectivity index (χ4n) is 2.63. The van der Waals surface area contributed by atoms with Gasteiger partial charge < -0.3 is 10.2 Å². The second kappa shape index (κ2) is 7.80. The number of hydrogen-bond donors (Lipinski definition) is 1. The summed E-state index contributed by atoms with van der Waals surface area (Å²) in [6, 6.07) is 12.0. The van der Waals surface area contributed by atoms with Crippen LogP contribution in [0, 0.1) is 0 Å². The number of nitrogens with one attached hydrogen (secondary N) is 1. The van der Waals surface area contributed by atoms with Crippen LogP contribution >= 0.6 is 0 Å². The van der Waals surface area contributed by atoms with Gasteiger partial charge in [0.25, 0.3) is 0 Å². The molecule has 1 aromatic rings. The molecule has 0 saturated carbocycles. The molecule has 1 atom stereocenters. The van der Waals surface area contributed by atoms with Crippen molar-refractivity contribution in [3.63, 3.8) is 0 Å². The van der Waals surface area contributed by atoms with E-state index in [-0.39, 0.29) is 5.41 Å². The zero-order valence-electron chi connectivity index (χ0n) is 14.1.